The van der Waals surface area contributed by atoms with Crippen LogP contribution >= 0.6 is 44.1 Å². The molecular formula is C16H12Br2N2O4S. The van der Waals surface area contributed by atoms with Crippen LogP contribution in [0.25, 0.3) is 0 Å². The van der Waals surface area contributed by atoms with Gasteiger partial charge in [0.1, 0.15) is 5.75 Å². The van der Waals surface area contributed by atoms with Crippen LogP contribution < -0.4 is 15.4 Å². The average Bonchev–Trinajstić information content (AvgIpc) is 2.56. The number of halogens is 2. The van der Waals surface area contributed by atoms with Gasteiger partial charge in [-0.2, -0.15) is 0 Å². The molecule has 0 radical (unpaired) electrons. The van der Waals surface area contributed by atoms with Crippen LogP contribution in [-0.2, 0) is 0 Å². The summed E-state index contributed by atoms with van der Waals surface area (Å²) in [6.45, 7) is 0. The predicted octanol–water partition coefficient (Wildman–Crippen LogP) is 4.05. The molecule has 25 heavy (non-hydrogen) atoms. The van der Waals surface area contributed by atoms with E-state index >= 15 is 0 Å². The van der Waals surface area contributed by atoms with Gasteiger partial charge in [-0.3, -0.25) is 10.1 Å². The molecule has 2 aromatic carbocycles. The fourth-order valence-corrected chi connectivity index (χ4v) is 3.47. The molecule has 0 atom stereocenters. The number of nitrogens with one attached hydrogen (secondary N) is 2. The van der Waals surface area contributed by atoms with E-state index in [0.717, 1.165) is 0 Å². The maximum absolute atomic E-state index is 12.2. The van der Waals surface area contributed by atoms with Gasteiger partial charge in [-0.15, -0.1) is 0 Å². The van der Waals surface area contributed by atoms with Gasteiger partial charge in [-0.05, 0) is 58.5 Å². The zero-order chi connectivity index (χ0) is 18.6. The highest BCUT2D eigenvalue weighted by Gasteiger charge is 2.17. The van der Waals surface area contributed by atoms with Crippen molar-refractivity contribution in [2.75, 3.05) is 12.4 Å². The molecule has 3 N–H and O–H groups in total. The van der Waals surface area contributed by atoms with Crippen molar-refractivity contribution >= 4 is 66.8 Å². The van der Waals surface area contributed by atoms with Crippen molar-refractivity contribution in [3.8, 4) is 5.75 Å². The zero-order valence-corrected chi connectivity index (χ0v) is 16.8. The molecule has 6 nitrogen and oxygen atoms in total. The number of aromatic carboxylic acids is 1. The lowest BCUT2D eigenvalue weighted by Gasteiger charge is -2.14. The largest absolute Gasteiger partial charge is 0.497 e. The summed E-state index contributed by atoms with van der Waals surface area (Å²) in [7, 11) is 1.50. The molecule has 0 heterocycles. The van der Waals surface area contributed by atoms with E-state index in [1.807, 2.05) is 0 Å². The second-order valence-corrected chi connectivity index (χ2v) is 6.93. The van der Waals surface area contributed by atoms with E-state index in [0.29, 0.717) is 20.3 Å². The lowest BCUT2D eigenvalue weighted by Crippen LogP contribution is -2.34. The highest BCUT2D eigenvalue weighted by Crippen LogP contribution is 2.30. The van der Waals surface area contributed by atoms with Gasteiger partial charge < -0.3 is 15.2 Å². The summed E-state index contributed by atoms with van der Waals surface area (Å²) in [6.07, 6.45) is 0. The van der Waals surface area contributed by atoms with Crippen LogP contribution in [0.4, 0.5) is 5.69 Å². The Hall–Kier alpha value is -1.97. The SMILES string of the molecule is COc1cccc(C(=O)NC(=S)Nc2c(Br)cc(Br)cc2C(=O)O)c1. The van der Waals surface area contributed by atoms with Crippen LogP contribution in [0, 0.1) is 0 Å². The maximum Gasteiger partial charge on any atom is 0.337 e. The van der Waals surface area contributed by atoms with Gasteiger partial charge in [0.15, 0.2) is 5.11 Å². The second kappa shape index (κ2) is 8.41. The number of thiocarbonyl (C=S) groups is 1. The minimum Gasteiger partial charge on any atom is -0.497 e. The molecule has 0 aliphatic heterocycles. The number of rotatable bonds is 4. The van der Waals surface area contributed by atoms with E-state index < -0.39 is 11.9 Å². The normalized spacial score (nSPS) is 10.0. The smallest absolute Gasteiger partial charge is 0.337 e. The fourth-order valence-electron chi connectivity index (χ4n) is 1.95. The van der Waals surface area contributed by atoms with E-state index in [1.54, 1.807) is 30.3 Å². The Morgan fingerprint density at radius 3 is 2.56 bits per heavy atom. The third-order valence-electron chi connectivity index (χ3n) is 3.08. The lowest BCUT2D eigenvalue weighted by molar-refractivity contribution is 0.0697. The highest BCUT2D eigenvalue weighted by atomic mass is 79.9. The number of benzene rings is 2. The molecule has 0 aliphatic carbocycles. The van der Waals surface area contributed by atoms with Crippen molar-refractivity contribution in [2.24, 2.45) is 0 Å². The monoisotopic (exact) mass is 486 g/mol. The second-order valence-electron chi connectivity index (χ2n) is 4.76. The molecule has 2 rings (SSSR count). The Balaban J connectivity index is 2.18. The summed E-state index contributed by atoms with van der Waals surface area (Å²) in [5.41, 5.74) is 0.600. The predicted molar refractivity (Wildman–Crippen MR) is 105 cm³/mol. The summed E-state index contributed by atoms with van der Waals surface area (Å²) in [4.78, 5) is 23.6. The van der Waals surface area contributed by atoms with Crippen LogP contribution in [0.2, 0.25) is 0 Å². The van der Waals surface area contributed by atoms with E-state index in [4.69, 9.17) is 17.0 Å². The van der Waals surface area contributed by atoms with Crippen molar-refractivity contribution in [3.63, 3.8) is 0 Å². The molecule has 0 unspecified atom stereocenters. The molecule has 130 valence electrons. The van der Waals surface area contributed by atoms with Crippen LogP contribution in [-0.4, -0.2) is 29.2 Å². The quantitative estimate of drug-likeness (QED) is 0.564. The summed E-state index contributed by atoms with van der Waals surface area (Å²) in [6, 6.07) is 9.67. The molecule has 2 aromatic rings. The Kier molecular flexibility index (Phi) is 6.51. The number of carbonyl (C=O) groups excluding carboxylic acids is 1. The van der Waals surface area contributed by atoms with Gasteiger partial charge in [0.05, 0.1) is 18.4 Å². The first-order valence-electron chi connectivity index (χ1n) is 6.80. The first-order valence-corrected chi connectivity index (χ1v) is 8.80. The van der Waals surface area contributed by atoms with E-state index in [-0.39, 0.29) is 16.4 Å². The Morgan fingerprint density at radius 1 is 1.20 bits per heavy atom. The van der Waals surface area contributed by atoms with Crippen molar-refractivity contribution in [2.45, 2.75) is 0 Å². The summed E-state index contributed by atoms with van der Waals surface area (Å²) in [5.74, 6) is -1.04. The molecule has 0 aromatic heterocycles. The molecule has 0 bridgehead atoms. The lowest BCUT2D eigenvalue weighted by atomic mass is 10.2. The molecule has 0 spiro atoms. The number of carboxylic acid groups (broad SMARTS) is 1. The zero-order valence-electron chi connectivity index (χ0n) is 12.8. The maximum atomic E-state index is 12.2. The molecule has 9 heteroatoms. The van der Waals surface area contributed by atoms with Crippen LogP contribution in [0.3, 0.4) is 0 Å². The van der Waals surface area contributed by atoms with Gasteiger partial charge in [-0.1, -0.05) is 22.0 Å². The number of ether oxygens (including phenoxy) is 1. The van der Waals surface area contributed by atoms with E-state index in [2.05, 4.69) is 42.5 Å². The first-order chi connectivity index (χ1) is 11.8. The fraction of sp³-hybridized carbons (Fsp3) is 0.0625. The van der Waals surface area contributed by atoms with Gasteiger partial charge in [0.2, 0.25) is 0 Å². The summed E-state index contributed by atoms with van der Waals surface area (Å²) in [5, 5.41) is 14.5. The van der Waals surface area contributed by atoms with Crippen LogP contribution in [0.15, 0.2) is 45.3 Å². The molecule has 0 saturated heterocycles. The van der Waals surface area contributed by atoms with Gasteiger partial charge >= 0.3 is 5.97 Å². The number of hydrogen-bond acceptors (Lipinski definition) is 4. The molecule has 0 saturated carbocycles. The van der Waals surface area contributed by atoms with Gasteiger partial charge in [0, 0.05) is 14.5 Å². The number of carboxylic acids is 1. The summed E-state index contributed by atoms with van der Waals surface area (Å²) < 4.78 is 6.15. The number of carbonyl (C=O) groups is 2. The highest BCUT2D eigenvalue weighted by molar-refractivity contribution is 9.11. The third kappa shape index (κ3) is 5.00. The van der Waals surface area contributed by atoms with Gasteiger partial charge in [0.25, 0.3) is 5.91 Å². The topological polar surface area (TPSA) is 87.7 Å². The van der Waals surface area contributed by atoms with Crippen molar-refractivity contribution < 1.29 is 19.4 Å². The average molecular weight is 488 g/mol. The first kappa shape index (κ1) is 19.4. The van der Waals surface area contributed by atoms with Gasteiger partial charge in [-0.25, -0.2) is 4.79 Å². The summed E-state index contributed by atoms with van der Waals surface area (Å²) >= 11 is 11.6. The third-order valence-corrected chi connectivity index (χ3v) is 4.37. The standard InChI is InChI=1S/C16H12Br2N2O4S/c1-24-10-4-2-3-8(5-10)14(21)20-16(25)19-13-11(15(22)23)6-9(17)7-12(13)18/h2-7H,1H3,(H,22,23)(H2,19,20,21,25). The van der Waals surface area contributed by atoms with E-state index in [9.17, 15) is 14.7 Å². The minimum absolute atomic E-state index is 0.000714. The molecular weight excluding hydrogens is 476 g/mol. The number of methoxy groups -OCH3 is 1. The molecule has 0 aliphatic rings. The minimum atomic E-state index is -1.13. The molecule has 0 fully saturated rings. The number of hydrogen-bond donors (Lipinski definition) is 3. The Labute approximate surface area is 165 Å². The Bertz CT molecular complexity index is 858. The number of amides is 1. The van der Waals surface area contributed by atoms with Crippen molar-refractivity contribution in [1.29, 1.82) is 0 Å². The Morgan fingerprint density at radius 2 is 1.92 bits per heavy atom. The number of anilines is 1. The van der Waals surface area contributed by atoms with Crippen LogP contribution in [0.1, 0.15) is 20.7 Å². The molecule has 1 amide bonds. The van der Waals surface area contributed by atoms with Crippen molar-refractivity contribution in [1.82, 2.24) is 5.32 Å². The van der Waals surface area contributed by atoms with Crippen molar-refractivity contribution in [3.05, 3.63) is 56.5 Å². The van der Waals surface area contributed by atoms with Crippen LogP contribution in [0.5, 0.6) is 5.75 Å². The van der Waals surface area contributed by atoms with E-state index in [1.165, 1.54) is 13.2 Å².